The van der Waals surface area contributed by atoms with Crippen molar-refractivity contribution in [3.63, 3.8) is 0 Å². The number of benzene rings is 3. The number of halogens is 1. The van der Waals surface area contributed by atoms with Gasteiger partial charge in [0.15, 0.2) is 5.84 Å². The second kappa shape index (κ2) is 8.98. The number of rotatable bonds is 5. The van der Waals surface area contributed by atoms with Crippen LogP contribution in [0.3, 0.4) is 0 Å². The normalized spacial score (nSPS) is 20.8. The Kier molecular flexibility index (Phi) is 6.22. The van der Waals surface area contributed by atoms with Crippen LogP contribution in [0.15, 0.2) is 93.8 Å². The molecule has 0 amide bonds. The van der Waals surface area contributed by atoms with Crippen LogP contribution in [0.25, 0.3) is 0 Å². The molecule has 8 nitrogen and oxygen atoms in total. The summed E-state index contributed by atoms with van der Waals surface area (Å²) >= 11 is 3.64. The van der Waals surface area contributed by atoms with Crippen LogP contribution in [0.4, 0.5) is 0 Å². The second-order valence-corrected chi connectivity index (χ2v) is 13.8. The van der Waals surface area contributed by atoms with Gasteiger partial charge >= 0.3 is 0 Å². The highest BCUT2D eigenvalue weighted by atomic mass is 79.9. The van der Waals surface area contributed by atoms with Gasteiger partial charge in [0, 0.05) is 18.7 Å². The van der Waals surface area contributed by atoms with Gasteiger partial charge in [-0.25, -0.2) is 8.42 Å². The first-order valence-electron chi connectivity index (χ1n) is 11.3. The standard InChI is InChI=1S/C25H25BrN4O4S2/c1-19-8-12-22(13-9-19)35(31,32)28-16-17-29-24(21-6-4-3-5-7-21)27-30(25(29,26)18-28)36(33,34)23-14-10-20(2)11-15-23/h3-15H,16-18H2,1-2H3. The Bertz CT molecular complexity index is 1530. The molecule has 0 spiro atoms. The highest BCUT2D eigenvalue weighted by molar-refractivity contribution is 9.10. The Balaban J connectivity index is 1.59. The van der Waals surface area contributed by atoms with Crippen molar-refractivity contribution in [2.75, 3.05) is 19.6 Å². The maximum Gasteiger partial charge on any atom is 0.282 e. The smallest absolute Gasteiger partial charge is 0.282 e. The molecule has 2 aliphatic rings. The van der Waals surface area contributed by atoms with E-state index in [4.69, 9.17) is 0 Å². The molecule has 1 saturated heterocycles. The summed E-state index contributed by atoms with van der Waals surface area (Å²) in [7, 11) is -8.00. The lowest BCUT2D eigenvalue weighted by atomic mass is 10.1. The van der Waals surface area contributed by atoms with Gasteiger partial charge in [0.1, 0.15) is 0 Å². The van der Waals surface area contributed by atoms with Crippen LogP contribution in [0.5, 0.6) is 0 Å². The van der Waals surface area contributed by atoms with Crippen molar-refractivity contribution in [2.24, 2.45) is 5.10 Å². The molecule has 0 bridgehead atoms. The SMILES string of the molecule is Cc1ccc(S(=O)(=O)N2CCN3C(c4ccccc4)=NN(S(=O)(=O)c4ccc(C)cc4)C3(Br)C2)cc1. The molecule has 36 heavy (non-hydrogen) atoms. The van der Waals surface area contributed by atoms with E-state index in [-0.39, 0.29) is 29.4 Å². The average Bonchev–Trinajstić information content (AvgIpc) is 3.18. The minimum absolute atomic E-state index is 0.0726. The Morgan fingerprint density at radius 3 is 1.83 bits per heavy atom. The number of hydrazone groups is 1. The van der Waals surface area contributed by atoms with E-state index in [1.54, 1.807) is 36.4 Å². The fourth-order valence-corrected chi connectivity index (χ4v) is 8.64. The van der Waals surface area contributed by atoms with Crippen molar-refractivity contribution in [3.05, 3.63) is 95.6 Å². The van der Waals surface area contributed by atoms with Crippen LogP contribution < -0.4 is 0 Å². The molecule has 3 aromatic rings. The third-order valence-electron chi connectivity index (χ3n) is 6.34. The fourth-order valence-electron chi connectivity index (χ4n) is 4.33. The predicted molar refractivity (Wildman–Crippen MR) is 141 cm³/mol. The molecule has 2 aliphatic heterocycles. The molecule has 0 aliphatic carbocycles. The molecule has 1 fully saturated rings. The van der Waals surface area contributed by atoms with Crippen molar-refractivity contribution in [1.82, 2.24) is 13.6 Å². The van der Waals surface area contributed by atoms with E-state index in [1.807, 2.05) is 49.1 Å². The third-order valence-corrected chi connectivity index (χ3v) is 11.2. The first-order valence-corrected chi connectivity index (χ1v) is 15.0. The number of hydrogen-bond donors (Lipinski definition) is 0. The highest BCUT2D eigenvalue weighted by Crippen LogP contribution is 2.43. The summed E-state index contributed by atoms with van der Waals surface area (Å²) in [4.78, 5) is 2.05. The number of piperazine rings is 1. The number of sulfonamides is 2. The van der Waals surface area contributed by atoms with Gasteiger partial charge in [-0.2, -0.15) is 12.7 Å². The van der Waals surface area contributed by atoms with Crippen molar-refractivity contribution in [2.45, 2.75) is 28.2 Å². The molecule has 188 valence electrons. The lowest BCUT2D eigenvalue weighted by molar-refractivity contribution is 0.106. The monoisotopic (exact) mass is 588 g/mol. The molecule has 1 atom stereocenters. The maximum atomic E-state index is 13.8. The van der Waals surface area contributed by atoms with Gasteiger partial charge in [0.05, 0.1) is 16.3 Å². The molecule has 0 radical (unpaired) electrons. The van der Waals surface area contributed by atoms with E-state index < -0.39 is 24.6 Å². The number of amidine groups is 1. The molecule has 1 unspecified atom stereocenters. The topological polar surface area (TPSA) is 90.4 Å². The summed E-state index contributed by atoms with van der Waals surface area (Å²) < 4.78 is 55.6. The van der Waals surface area contributed by atoms with Crippen molar-refractivity contribution in [3.8, 4) is 0 Å². The summed E-state index contributed by atoms with van der Waals surface area (Å²) in [6.07, 6.45) is 0. The first-order chi connectivity index (χ1) is 17.0. The van der Waals surface area contributed by atoms with Gasteiger partial charge in [-0.3, -0.25) is 0 Å². The third kappa shape index (κ3) is 4.13. The van der Waals surface area contributed by atoms with Crippen molar-refractivity contribution >= 4 is 41.8 Å². The molecule has 0 N–H and O–H groups in total. The minimum atomic E-state index is -4.13. The Labute approximate surface area is 220 Å². The summed E-state index contributed by atoms with van der Waals surface area (Å²) in [5.41, 5.74) is 2.60. The van der Waals surface area contributed by atoms with Crippen molar-refractivity contribution < 1.29 is 16.8 Å². The van der Waals surface area contributed by atoms with Gasteiger partial charge in [-0.05, 0) is 54.0 Å². The molecule has 0 saturated carbocycles. The molecule has 3 aromatic carbocycles. The minimum Gasteiger partial charge on any atom is -0.318 e. The molecule has 5 rings (SSSR count). The van der Waals surface area contributed by atoms with E-state index in [0.717, 1.165) is 21.1 Å². The summed E-state index contributed by atoms with van der Waals surface area (Å²) in [6, 6.07) is 22.4. The van der Waals surface area contributed by atoms with Crippen LogP contribution >= 0.6 is 15.9 Å². The van der Waals surface area contributed by atoms with E-state index in [2.05, 4.69) is 21.0 Å². The fraction of sp³-hybridized carbons (Fsp3) is 0.240. The summed E-state index contributed by atoms with van der Waals surface area (Å²) in [6.45, 7) is 4.02. The average molecular weight is 590 g/mol. The van der Waals surface area contributed by atoms with E-state index in [1.165, 1.54) is 16.4 Å². The number of nitrogens with zero attached hydrogens (tertiary/aromatic N) is 4. The Hall–Kier alpha value is -2.73. The van der Waals surface area contributed by atoms with Crippen LogP contribution in [0.1, 0.15) is 16.7 Å². The van der Waals surface area contributed by atoms with Crippen LogP contribution in [-0.2, 0) is 20.0 Å². The van der Waals surface area contributed by atoms with E-state index in [9.17, 15) is 16.8 Å². The summed E-state index contributed by atoms with van der Waals surface area (Å²) in [5.74, 6) is 0.454. The van der Waals surface area contributed by atoms with E-state index in [0.29, 0.717) is 5.84 Å². The predicted octanol–water partition coefficient (Wildman–Crippen LogP) is 3.72. The molecule has 0 aromatic heterocycles. The zero-order valence-electron chi connectivity index (χ0n) is 19.7. The van der Waals surface area contributed by atoms with Gasteiger partial charge in [-0.1, -0.05) is 65.7 Å². The zero-order valence-corrected chi connectivity index (χ0v) is 23.0. The zero-order chi connectivity index (χ0) is 25.7. The van der Waals surface area contributed by atoms with Gasteiger partial charge in [0.25, 0.3) is 10.0 Å². The lowest BCUT2D eigenvalue weighted by Crippen LogP contribution is -2.64. The number of alkyl halides is 1. The van der Waals surface area contributed by atoms with Gasteiger partial charge < -0.3 is 4.90 Å². The van der Waals surface area contributed by atoms with E-state index >= 15 is 0 Å². The van der Waals surface area contributed by atoms with Gasteiger partial charge in [0.2, 0.25) is 14.6 Å². The molecular formula is C25H25BrN4O4S2. The number of hydrogen-bond acceptors (Lipinski definition) is 6. The van der Waals surface area contributed by atoms with Crippen LogP contribution in [0, 0.1) is 13.8 Å². The number of aryl methyl sites for hydroxylation is 2. The Morgan fingerprint density at radius 1 is 0.750 bits per heavy atom. The summed E-state index contributed by atoms with van der Waals surface area (Å²) in [5, 5.41) is 4.57. The van der Waals surface area contributed by atoms with Crippen LogP contribution in [0.2, 0.25) is 0 Å². The molecule has 11 heteroatoms. The highest BCUT2D eigenvalue weighted by Gasteiger charge is 2.57. The van der Waals surface area contributed by atoms with Crippen molar-refractivity contribution in [1.29, 1.82) is 0 Å². The van der Waals surface area contributed by atoms with Crippen LogP contribution in [-0.4, -0.2) is 60.5 Å². The Morgan fingerprint density at radius 2 is 1.28 bits per heavy atom. The quantitative estimate of drug-likeness (QED) is 0.334. The molecule has 2 heterocycles. The largest absolute Gasteiger partial charge is 0.318 e. The molecular weight excluding hydrogens is 564 g/mol. The number of fused-ring (bicyclic) bond motifs is 1. The maximum absolute atomic E-state index is 13.8. The first kappa shape index (κ1) is 24.9. The second-order valence-electron chi connectivity index (χ2n) is 8.87. The lowest BCUT2D eigenvalue weighted by Gasteiger charge is -2.46. The van der Waals surface area contributed by atoms with Gasteiger partial charge in [-0.15, -0.1) is 9.52 Å².